The number of hydrogen-bond acceptors (Lipinski definition) is 2. The van der Waals surface area contributed by atoms with Crippen molar-refractivity contribution in [2.75, 3.05) is 26.2 Å². The van der Waals surface area contributed by atoms with E-state index in [-0.39, 0.29) is 41.7 Å². The van der Waals surface area contributed by atoms with E-state index in [4.69, 9.17) is 23.2 Å². The van der Waals surface area contributed by atoms with Crippen LogP contribution in [0.1, 0.15) is 24.9 Å². The smallest absolute Gasteiger partial charge is 0.148 e. The summed E-state index contributed by atoms with van der Waals surface area (Å²) in [4.78, 5) is 2.26. The molecule has 0 bridgehead atoms. The largest absolute Gasteiger partial charge is 0.314 e. The molecule has 1 aromatic rings. The number of nitrogens with one attached hydrogen (secondary N) is 1. The minimum absolute atomic E-state index is 0. The molecule has 1 aliphatic rings. The van der Waals surface area contributed by atoms with E-state index in [1.54, 1.807) is 6.07 Å². The van der Waals surface area contributed by atoms with Gasteiger partial charge in [0.2, 0.25) is 0 Å². The maximum atomic E-state index is 14.2. The summed E-state index contributed by atoms with van der Waals surface area (Å²) in [5.74, 6) is -0.380. The van der Waals surface area contributed by atoms with Crippen LogP contribution in [-0.4, -0.2) is 31.1 Å². The van der Waals surface area contributed by atoms with Crippen LogP contribution in [0, 0.1) is 5.82 Å². The van der Waals surface area contributed by atoms with Gasteiger partial charge in [0.1, 0.15) is 5.82 Å². The molecule has 7 heteroatoms. The van der Waals surface area contributed by atoms with Crippen molar-refractivity contribution in [3.05, 3.63) is 33.6 Å². The topological polar surface area (TPSA) is 15.3 Å². The molecule has 0 amide bonds. The van der Waals surface area contributed by atoms with Gasteiger partial charge in [-0.05, 0) is 18.6 Å². The predicted octanol–water partition coefficient (Wildman–Crippen LogP) is 4.33. The van der Waals surface area contributed by atoms with E-state index >= 15 is 0 Å². The van der Waals surface area contributed by atoms with Gasteiger partial charge in [-0.15, -0.1) is 24.8 Å². The normalized spacial score (nSPS) is 17.0. The first-order valence-corrected chi connectivity index (χ1v) is 6.99. The molecule has 0 unspecified atom stereocenters. The molecule has 1 aromatic carbocycles. The molecular weight excluding hydrogens is 345 g/mol. The number of piperazine rings is 1. The van der Waals surface area contributed by atoms with Crippen LogP contribution in [0.25, 0.3) is 0 Å². The third-order valence-corrected chi connectivity index (χ3v) is 4.01. The molecule has 0 aromatic heterocycles. The summed E-state index contributed by atoms with van der Waals surface area (Å²) in [5.41, 5.74) is 0.536. The van der Waals surface area contributed by atoms with Crippen molar-refractivity contribution in [2.24, 2.45) is 0 Å². The monoisotopic (exact) mass is 362 g/mol. The van der Waals surface area contributed by atoms with E-state index < -0.39 is 0 Å². The molecule has 0 spiro atoms. The van der Waals surface area contributed by atoms with Crippen LogP contribution in [0.15, 0.2) is 12.1 Å². The Bertz CT molecular complexity index is 425. The van der Waals surface area contributed by atoms with Gasteiger partial charge in [0.25, 0.3) is 0 Å². The summed E-state index contributed by atoms with van der Waals surface area (Å²) in [6.07, 6.45) is 0.816. The Morgan fingerprint density at radius 2 is 1.75 bits per heavy atom. The number of halogens is 5. The van der Waals surface area contributed by atoms with Crippen LogP contribution in [0.2, 0.25) is 10.0 Å². The first-order chi connectivity index (χ1) is 8.65. The van der Waals surface area contributed by atoms with Gasteiger partial charge in [0, 0.05) is 42.8 Å². The SMILES string of the molecule is CC[C@H](c1c(Cl)ccc(Cl)c1F)N1CCNCC1.Cl.Cl. The van der Waals surface area contributed by atoms with Gasteiger partial charge >= 0.3 is 0 Å². The Hall–Kier alpha value is 0.230. The van der Waals surface area contributed by atoms with Gasteiger partial charge in [-0.1, -0.05) is 30.1 Å². The summed E-state index contributed by atoms with van der Waals surface area (Å²) in [5, 5.41) is 3.89. The molecule has 2 nitrogen and oxygen atoms in total. The quantitative estimate of drug-likeness (QED) is 0.804. The molecule has 1 heterocycles. The second-order valence-electron chi connectivity index (χ2n) is 4.47. The fourth-order valence-electron chi connectivity index (χ4n) is 2.49. The van der Waals surface area contributed by atoms with E-state index in [1.807, 2.05) is 6.92 Å². The Labute approximate surface area is 141 Å². The van der Waals surface area contributed by atoms with Crippen LogP contribution in [0.5, 0.6) is 0 Å². The molecule has 116 valence electrons. The van der Waals surface area contributed by atoms with Crippen molar-refractivity contribution >= 4 is 48.0 Å². The molecule has 1 aliphatic heterocycles. The van der Waals surface area contributed by atoms with E-state index in [0.717, 1.165) is 32.6 Å². The van der Waals surface area contributed by atoms with Gasteiger partial charge in [0.15, 0.2) is 0 Å². The highest BCUT2D eigenvalue weighted by Gasteiger charge is 2.26. The van der Waals surface area contributed by atoms with E-state index in [2.05, 4.69) is 10.2 Å². The molecule has 2 rings (SSSR count). The summed E-state index contributed by atoms with van der Waals surface area (Å²) in [6, 6.07) is 3.18. The van der Waals surface area contributed by atoms with E-state index in [9.17, 15) is 4.39 Å². The molecule has 1 fully saturated rings. The number of rotatable bonds is 3. The fourth-order valence-corrected chi connectivity index (χ4v) is 2.92. The van der Waals surface area contributed by atoms with Crippen LogP contribution < -0.4 is 5.32 Å². The predicted molar refractivity (Wildman–Crippen MR) is 88.4 cm³/mol. The number of hydrogen-bond donors (Lipinski definition) is 1. The Kier molecular flexibility index (Phi) is 9.40. The van der Waals surface area contributed by atoms with E-state index in [0.29, 0.717) is 10.6 Å². The lowest BCUT2D eigenvalue weighted by Gasteiger charge is -2.35. The molecule has 1 N–H and O–H groups in total. The molecular formula is C13H19Cl4FN2. The van der Waals surface area contributed by atoms with Gasteiger partial charge in [-0.3, -0.25) is 4.90 Å². The zero-order valence-electron chi connectivity index (χ0n) is 11.2. The highest BCUT2D eigenvalue weighted by atomic mass is 35.5. The first kappa shape index (κ1) is 20.2. The maximum Gasteiger partial charge on any atom is 0.148 e. The Morgan fingerprint density at radius 3 is 2.30 bits per heavy atom. The van der Waals surface area contributed by atoms with Crippen molar-refractivity contribution in [3.63, 3.8) is 0 Å². The third kappa shape index (κ3) is 4.36. The van der Waals surface area contributed by atoms with Crippen LogP contribution >= 0.6 is 48.0 Å². The first-order valence-electron chi connectivity index (χ1n) is 6.23. The van der Waals surface area contributed by atoms with Crippen molar-refractivity contribution < 1.29 is 4.39 Å². The molecule has 0 radical (unpaired) electrons. The Balaban J connectivity index is 0.00000180. The average Bonchev–Trinajstić information content (AvgIpc) is 2.40. The lowest BCUT2D eigenvalue weighted by molar-refractivity contribution is 0.166. The zero-order valence-corrected chi connectivity index (χ0v) is 14.3. The minimum Gasteiger partial charge on any atom is -0.314 e. The summed E-state index contributed by atoms with van der Waals surface area (Å²) in [7, 11) is 0. The second-order valence-corrected chi connectivity index (χ2v) is 5.28. The minimum atomic E-state index is -0.380. The highest BCUT2D eigenvalue weighted by molar-refractivity contribution is 6.33. The van der Waals surface area contributed by atoms with Gasteiger partial charge in [0.05, 0.1) is 5.02 Å². The summed E-state index contributed by atoms with van der Waals surface area (Å²) >= 11 is 12.0. The van der Waals surface area contributed by atoms with Crippen molar-refractivity contribution in [1.82, 2.24) is 10.2 Å². The second kappa shape index (κ2) is 9.29. The van der Waals surface area contributed by atoms with Gasteiger partial charge in [-0.25, -0.2) is 4.39 Å². The number of benzene rings is 1. The average molecular weight is 364 g/mol. The number of nitrogens with zero attached hydrogens (tertiary/aromatic N) is 1. The molecule has 0 aliphatic carbocycles. The van der Waals surface area contributed by atoms with Crippen molar-refractivity contribution in [1.29, 1.82) is 0 Å². The Morgan fingerprint density at radius 1 is 1.20 bits per heavy atom. The van der Waals surface area contributed by atoms with Crippen LogP contribution in [-0.2, 0) is 0 Å². The van der Waals surface area contributed by atoms with Crippen molar-refractivity contribution in [2.45, 2.75) is 19.4 Å². The molecule has 0 saturated carbocycles. The molecule has 20 heavy (non-hydrogen) atoms. The lowest BCUT2D eigenvalue weighted by Crippen LogP contribution is -2.45. The fraction of sp³-hybridized carbons (Fsp3) is 0.538. The zero-order chi connectivity index (χ0) is 13.1. The molecule has 1 atom stereocenters. The van der Waals surface area contributed by atoms with Crippen LogP contribution in [0.3, 0.4) is 0 Å². The summed E-state index contributed by atoms with van der Waals surface area (Å²) < 4.78 is 14.2. The third-order valence-electron chi connectivity index (χ3n) is 3.39. The van der Waals surface area contributed by atoms with Crippen LogP contribution in [0.4, 0.5) is 4.39 Å². The summed E-state index contributed by atoms with van der Waals surface area (Å²) in [6.45, 7) is 5.71. The maximum absolute atomic E-state index is 14.2. The molecule has 1 saturated heterocycles. The highest BCUT2D eigenvalue weighted by Crippen LogP contribution is 2.35. The standard InChI is InChI=1S/C13H17Cl2FN2.2ClH/c1-2-11(18-7-5-17-6-8-18)12-9(14)3-4-10(15)13(12)16;;/h3-4,11,17H,2,5-8H2,1H3;2*1H/t11-;;/m1../s1. The van der Waals surface area contributed by atoms with Gasteiger partial charge < -0.3 is 5.32 Å². The van der Waals surface area contributed by atoms with Gasteiger partial charge in [-0.2, -0.15) is 0 Å². The van der Waals surface area contributed by atoms with Crippen molar-refractivity contribution in [3.8, 4) is 0 Å². The van der Waals surface area contributed by atoms with E-state index in [1.165, 1.54) is 6.07 Å². The lowest BCUT2D eigenvalue weighted by atomic mass is 10.0.